The maximum Gasteiger partial charge on any atom is 0.234 e. The first kappa shape index (κ1) is 18.9. The number of aryl methyl sites for hydroxylation is 1. The molecule has 0 saturated heterocycles. The summed E-state index contributed by atoms with van der Waals surface area (Å²) < 4.78 is 29.1. The summed E-state index contributed by atoms with van der Waals surface area (Å²) in [7, 11) is 0. The van der Waals surface area contributed by atoms with Crippen LogP contribution in [0.3, 0.4) is 0 Å². The molecule has 1 amide bonds. The van der Waals surface area contributed by atoms with Crippen LogP contribution in [0.4, 0.5) is 14.5 Å². The van der Waals surface area contributed by atoms with Crippen molar-refractivity contribution in [2.24, 2.45) is 0 Å². The van der Waals surface area contributed by atoms with Gasteiger partial charge in [-0.15, -0.1) is 0 Å². The van der Waals surface area contributed by atoms with Gasteiger partial charge in [-0.1, -0.05) is 31.0 Å². The van der Waals surface area contributed by atoms with Gasteiger partial charge in [-0.2, -0.15) is 0 Å². The Hall–Kier alpha value is -1.89. The minimum absolute atomic E-state index is 0.0958. The number of anilines is 1. The fourth-order valence-corrected chi connectivity index (χ4v) is 4.34. The van der Waals surface area contributed by atoms with E-state index < -0.39 is 11.6 Å². The normalized spacial score (nSPS) is 15.2. The summed E-state index contributed by atoms with van der Waals surface area (Å²) >= 11 is 1.34. The van der Waals surface area contributed by atoms with E-state index in [2.05, 4.69) is 21.8 Å². The SMILES string of the molecule is Cc1nc(SCC(=O)Nc2cc(F)ccc2F)n(C2CCCCC2)c1C. The van der Waals surface area contributed by atoms with E-state index in [4.69, 9.17) is 0 Å². The Balaban J connectivity index is 1.68. The lowest BCUT2D eigenvalue weighted by molar-refractivity contribution is -0.113. The quantitative estimate of drug-likeness (QED) is 0.743. The molecule has 1 aliphatic carbocycles. The molecule has 1 aliphatic rings. The molecule has 1 aromatic carbocycles. The van der Waals surface area contributed by atoms with Crippen molar-refractivity contribution in [3.63, 3.8) is 0 Å². The highest BCUT2D eigenvalue weighted by molar-refractivity contribution is 7.99. The van der Waals surface area contributed by atoms with Gasteiger partial charge in [-0.3, -0.25) is 4.79 Å². The smallest absolute Gasteiger partial charge is 0.234 e. The molecule has 1 aromatic heterocycles. The van der Waals surface area contributed by atoms with Gasteiger partial charge in [0.2, 0.25) is 5.91 Å². The van der Waals surface area contributed by atoms with Gasteiger partial charge in [0.15, 0.2) is 5.16 Å². The van der Waals surface area contributed by atoms with Gasteiger partial charge in [-0.25, -0.2) is 13.8 Å². The summed E-state index contributed by atoms with van der Waals surface area (Å²) in [4.78, 5) is 16.8. The number of carbonyl (C=O) groups excluding carboxylic acids is 1. The van der Waals surface area contributed by atoms with Gasteiger partial charge >= 0.3 is 0 Å². The average Bonchev–Trinajstić information content (AvgIpc) is 2.91. The van der Waals surface area contributed by atoms with Crippen molar-refractivity contribution in [1.29, 1.82) is 0 Å². The predicted molar refractivity (Wildman–Crippen MR) is 99.5 cm³/mol. The van der Waals surface area contributed by atoms with Crippen LogP contribution in [0.1, 0.15) is 49.5 Å². The zero-order chi connectivity index (χ0) is 18.7. The Kier molecular flexibility index (Phi) is 5.96. The third-order valence-corrected chi connectivity index (χ3v) is 5.78. The first-order valence-corrected chi connectivity index (χ1v) is 9.87. The molecule has 0 atom stereocenters. The van der Waals surface area contributed by atoms with Crippen molar-refractivity contribution in [1.82, 2.24) is 9.55 Å². The standard InChI is InChI=1S/C19H23F2N3OS/c1-12-13(2)24(15-6-4-3-5-7-15)19(22-12)26-11-18(25)23-17-10-14(20)8-9-16(17)21/h8-10,15H,3-7,11H2,1-2H3,(H,23,25). The van der Waals surface area contributed by atoms with Crippen molar-refractivity contribution in [3.05, 3.63) is 41.2 Å². The lowest BCUT2D eigenvalue weighted by Gasteiger charge is -2.26. The van der Waals surface area contributed by atoms with Crippen LogP contribution >= 0.6 is 11.8 Å². The fourth-order valence-electron chi connectivity index (χ4n) is 3.38. The lowest BCUT2D eigenvalue weighted by atomic mass is 9.95. The van der Waals surface area contributed by atoms with Gasteiger partial charge in [0.05, 0.1) is 17.1 Å². The van der Waals surface area contributed by atoms with Crippen LogP contribution in [0.2, 0.25) is 0 Å². The monoisotopic (exact) mass is 379 g/mol. The molecule has 4 nitrogen and oxygen atoms in total. The van der Waals surface area contributed by atoms with Gasteiger partial charge in [-0.05, 0) is 38.8 Å². The third kappa shape index (κ3) is 4.26. The van der Waals surface area contributed by atoms with Crippen molar-refractivity contribution in [2.45, 2.75) is 57.1 Å². The molecule has 0 unspecified atom stereocenters. The maximum absolute atomic E-state index is 13.7. The van der Waals surface area contributed by atoms with Gasteiger partial charge in [0.1, 0.15) is 11.6 Å². The van der Waals surface area contributed by atoms with E-state index in [9.17, 15) is 13.6 Å². The molecule has 1 saturated carbocycles. The molecule has 1 fully saturated rings. The van der Waals surface area contributed by atoms with E-state index in [1.54, 1.807) is 0 Å². The molecule has 0 spiro atoms. The second-order valence-electron chi connectivity index (χ2n) is 6.69. The lowest BCUT2D eigenvalue weighted by Crippen LogP contribution is -2.18. The third-order valence-electron chi connectivity index (χ3n) is 4.83. The second-order valence-corrected chi connectivity index (χ2v) is 7.63. The van der Waals surface area contributed by atoms with Crippen LogP contribution < -0.4 is 5.32 Å². The van der Waals surface area contributed by atoms with Crippen LogP contribution in [0.15, 0.2) is 23.4 Å². The molecular formula is C19H23F2N3OS. The number of imidazole rings is 1. The first-order valence-electron chi connectivity index (χ1n) is 8.89. The first-order chi connectivity index (χ1) is 12.5. The number of hydrogen-bond acceptors (Lipinski definition) is 3. The predicted octanol–water partition coefficient (Wildman–Crippen LogP) is 5.01. The number of benzene rings is 1. The fraction of sp³-hybridized carbons (Fsp3) is 0.474. The zero-order valence-electron chi connectivity index (χ0n) is 15.0. The van der Waals surface area contributed by atoms with Crippen LogP contribution in [-0.4, -0.2) is 21.2 Å². The Morgan fingerprint density at radius 3 is 2.73 bits per heavy atom. The van der Waals surface area contributed by atoms with Crippen LogP contribution in [0.25, 0.3) is 0 Å². The molecule has 2 aromatic rings. The minimum Gasteiger partial charge on any atom is -0.323 e. The number of amides is 1. The molecular weight excluding hydrogens is 356 g/mol. The van der Waals surface area contributed by atoms with Gasteiger partial charge < -0.3 is 9.88 Å². The highest BCUT2D eigenvalue weighted by Gasteiger charge is 2.22. The molecule has 0 aliphatic heterocycles. The van der Waals surface area contributed by atoms with Crippen molar-refractivity contribution >= 4 is 23.4 Å². The van der Waals surface area contributed by atoms with E-state index in [1.807, 2.05) is 6.92 Å². The summed E-state index contributed by atoms with van der Waals surface area (Å²) in [6.07, 6.45) is 5.96. The Labute approximate surface area is 156 Å². The summed E-state index contributed by atoms with van der Waals surface area (Å²) in [5.74, 6) is -1.53. The number of nitrogens with zero attached hydrogens (tertiary/aromatic N) is 2. The summed E-state index contributed by atoms with van der Waals surface area (Å²) in [5.41, 5.74) is 1.96. The van der Waals surface area contributed by atoms with E-state index >= 15 is 0 Å². The Bertz CT molecular complexity index is 800. The Morgan fingerprint density at radius 2 is 2.00 bits per heavy atom. The van der Waals surface area contributed by atoms with Crippen molar-refractivity contribution < 1.29 is 13.6 Å². The maximum atomic E-state index is 13.7. The number of rotatable bonds is 5. The molecule has 1 heterocycles. The molecule has 1 N–H and O–H groups in total. The van der Waals surface area contributed by atoms with E-state index in [0.29, 0.717) is 6.04 Å². The number of halogens is 2. The largest absolute Gasteiger partial charge is 0.323 e. The van der Waals surface area contributed by atoms with Crippen LogP contribution in [-0.2, 0) is 4.79 Å². The number of thioether (sulfide) groups is 1. The summed E-state index contributed by atoms with van der Waals surface area (Å²) in [6.45, 7) is 4.03. The van der Waals surface area contributed by atoms with Gasteiger partial charge in [0.25, 0.3) is 0 Å². The summed E-state index contributed by atoms with van der Waals surface area (Å²) in [6, 6.07) is 3.43. The summed E-state index contributed by atoms with van der Waals surface area (Å²) in [5, 5.41) is 3.25. The molecule has 0 bridgehead atoms. The minimum atomic E-state index is -0.653. The molecule has 7 heteroatoms. The average molecular weight is 379 g/mol. The number of nitrogens with one attached hydrogen (secondary N) is 1. The molecule has 140 valence electrons. The highest BCUT2D eigenvalue weighted by atomic mass is 32.2. The molecule has 26 heavy (non-hydrogen) atoms. The Morgan fingerprint density at radius 1 is 1.27 bits per heavy atom. The van der Waals surface area contributed by atoms with Crippen molar-refractivity contribution in [3.8, 4) is 0 Å². The van der Waals surface area contributed by atoms with Crippen LogP contribution in [0.5, 0.6) is 0 Å². The van der Waals surface area contributed by atoms with Crippen LogP contribution in [0, 0.1) is 25.5 Å². The van der Waals surface area contributed by atoms with E-state index in [1.165, 1.54) is 31.0 Å². The van der Waals surface area contributed by atoms with E-state index in [-0.39, 0.29) is 17.3 Å². The topological polar surface area (TPSA) is 46.9 Å². The van der Waals surface area contributed by atoms with Gasteiger partial charge in [0, 0.05) is 17.8 Å². The molecule has 3 rings (SSSR count). The van der Waals surface area contributed by atoms with Crippen molar-refractivity contribution in [2.75, 3.05) is 11.1 Å². The van der Waals surface area contributed by atoms with E-state index in [0.717, 1.165) is 47.6 Å². The zero-order valence-corrected chi connectivity index (χ0v) is 15.8. The number of hydrogen-bond donors (Lipinski definition) is 1. The second kappa shape index (κ2) is 8.20. The number of carbonyl (C=O) groups is 1. The number of aromatic nitrogens is 2. The highest BCUT2D eigenvalue weighted by Crippen LogP contribution is 2.34. The molecule has 0 radical (unpaired) electrons.